The van der Waals surface area contributed by atoms with Crippen molar-refractivity contribution in [2.24, 2.45) is 0 Å². The Bertz CT molecular complexity index is 1410. The van der Waals surface area contributed by atoms with E-state index in [1.54, 1.807) is 20.4 Å². The van der Waals surface area contributed by atoms with Crippen LogP contribution in [0.5, 0.6) is 11.6 Å². The summed E-state index contributed by atoms with van der Waals surface area (Å²) in [5.41, 5.74) is 5.16. The molecule has 3 aromatic heterocycles. The average molecular weight is 528 g/mol. The molecule has 8 heteroatoms. The Kier molecular flexibility index (Phi) is 4.75. The van der Waals surface area contributed by atoms with Crippen molar-refractivity contribution in [2.75, 3.05) is 14.2 Å². The smallest absolute Gasteiger partial charge is 0.241 e. The molecular weight excluding hydrogens is 512 g/mol. The lowest BCUT2D eigenvalue weighted by Crippen LogP contribution is -1.96. The Morgan fingerprint density at radius 3 is 2.57 bits per heavy atom. The van der Waals surface area contributed by atoms with Gasteiger partial charge in [-0.15, -0.1) is 0 Å². The van der Waals surface area contributed by atoms with Crippen molar-refractivity contribution in [3.8, 4) is 34.1 Å². The number of fused-ring (bicyclic) bond motifs is 2. The highest BCUT2D eigenvalue weighted by molar-refractivity contribution is 9.11. The highest BCUT2D eigenvalue weighted by atomic mass is 79.9. The molecule has 0 saturated heterocycles. The molecule has 0 unspecified atom stereocenters. The van der Waals surface area contributed by atoms with Crippen molar-refractivity contribution in [3.63, 3.8) is 0 Å². The second-order valence-electron chi connectivity index (χ2n) is 6.71. The summed E-state index contributed by atoms with van der Waals surface area (Å²) in [5, 5.41) is 2.04. The van der Waals surface area contributed by atoms with Gasteiger partial charge >= 0.3 is 0 Å². The zero-order chi connectivity index (χ0) is 20.8. The van der Waals surface area contributed by atoms with Gasteiger partial charge in [0.1, 0.15) is 11.4 Å². The summed E-state index contributed by atoms with van der Waals surface area (Å²) in [6.45, 7) is 0. The standard InChI is InChI=1S/C22H16Br2N4O2/c1-29-18-6-5-15(24)19-14(9-26-21(18)19)17-10-27-20(22(28-17)30-2)13-8-25-16-7-11(23)3-4-12(13)16/h3-10,25-26H,1-2H3. The van der Waals surface area contributed by atoms with Gasteiger partial charge in [0.25, 0.3) is 0 Å². The van der Waals surface area contributed by atoms with Gasteiger partial charge in [-0.3, -0.25) is 0 Å². The summed E-state index contributed by atoms with van der Waals surface area (Å²) < 4.78 is 13.1. The zero-order valence-electron chi connectivity index (χ0n) is 16.1. The monoisotopic (exact) mass is 526 g/mol. The van der Waals surface area contributed by atoms with Crippen LogP contribution in [0, 0.1) is 0 Å². The number of halogens is 2. The first kappa shape index (κ1) is 19.1. The van der Waals surface area contributed by atoms with Crippen molar-refractivity contribution >= 4 is 53.7 Å². The Labute approximate surface area is 188 Å². The topological polar surface area (TPSA) is 75.8 Å². The molecule has 0 radical (unpaired) electrons. The molecule has 0 saturated carbocycles. The largest absolute Gasteiger partial charge is 0.495 e. The fourth-order valence-corrected chi connectivity index (χ4v) is 4.58. The molecule has 0 spiro atoms. The van der Waals surface area contributed by atoms with Gasteiger partial charge in [0.15, 0.2) is 0 Å². The molecule has 0 fully saturated rings. The normalized spacial score (nSPS) is 11.3. The predicted octanol–water partition coefficient (Wildman–Crippen LogP) is 6.32. The van der Waals surface area contributed by atoms with E-state index in [1.807, 2.05) is 42.7 Å². The maximum atomic E-state index is 5.62. The van der Waals surface area contributed by atoms with Gasteiger partial charge in [-0.25, -0.2) is 9.97 Å². The van der Waals surface area contributed by atoms with Gasteiger partial charge in [0, 0.05) is 48.8 Å². The average Bonchev–Trinajstić information content (AvgIpc) is 3.38. The minimum absolute atomic E-state index is 0.463. The fourth-order valence-electron chi connectivity index (χ4n) is 3.68. The van der Waals surface area contributed by atoms with Crippen LogP contribution < -0.4 is 9.47 Å². The molecule has 2 aromatic carbocycles. The van der Waals surface area contributed by atoms with Crippen LogP contribution in [0.3, 0.4) is 0 Å². The van der Waals surface area contributed by atoms with Crippen molar-refractivity contribution in [2.45, 2.75) is 0 Å². The van der Waals surface area contributed by atoms with E-state index in [4.69, 9.17) is 19.4 Å². The molecule has 3 heterocycles. The van der Waals surface area contributed by atoms with Gasteiger partial charge in [-0.05, 0) is 24.3 Å². The SMILES string of the molecule is COc1nc(-c2c[nH]c3c(OC)ccc(Br)c23)cnc1-c1c[nH]c2cc(Br)ccc12. The molecule has 0 aliphatic rings. The number of benzene rings is 2. The molecule has 150 valence electrons. The number of aromatic amines is 2. The molecular formula is C22H16Br2N4O2. The third-order valence-electron chi connectivity index (χ3n) is 5.08. The fraction of sp³-hybridized carbons (Fsp3) is 0.0909. The lowest BCUT2D eigenvalue weighted by molar-refractivity contribution is 0.398. The van der Waals surface area contributed by atoms with Crippen LogP contribution in [0.2, 0.25) is 0 Å². The molecule has 0 aliphatic carbocycles. The Hall–Kier alpha value is -2.84. The second kappa shape index (κ2) is 7.45. The molecule has 0 bridgehead atoms. The van der Waals surface area contributed by atoms with E-state index < -0.39 is 0 Å². The molecule has 5 aromatic rings. The van der Waals surface area contributed by atoms with Crippen molar-refractivity contribution < 1.29 is 9.47 Å². The summed E-state index contributed by atoms with van der Waals surface area (Å²) >= 11 is 7.14. The Balaban J connectivity index is 1.67. The number of aromatic nitrogens is 4. The Morgan fingerprint density at radius 2 is 1.77 bits per heavy atom. The third-order valence-corrected chi connectivity index (χ3v) is 6.23. The van der Waals surface area contributed by atoms with Gasteiger partial charge < -0.3 is 19.4 Å². The maximum Gasteiger partial charge on any atom is 0.241 e. The molecule has 0 aliphatic heterocycles. The van der Waals surface area contributed by atoms with E-state index in [1.165, 1.54) is 0 Å². The number of hydrogen-bond acceptors (Lipinski definition) is 4. The van der Waals surface area contributed by atoms with Crippen LogP contribution in [-0.2, 0) is 0 Å². The van der Waals surface area contributed by atoms with E-state index in [9.17, 15) is 0 Å². The minimum atomic E-state index is 0.463. The minimum Gasteiger partial charge on any atom is -0.495 e. The maximum absolute atomic E-state index is 5.62. The van der Waals surface area contributed by atoms with E-state index >= 15 is 0 Å². The Morgan fingerprint density at radius 1 is 0.933 bits per heavy atom. The first-order valence-electron chi connectivity index (χ1n) is 9.12. The van der Waals surface area contributed by atoms with E-state index in [-0.39, 0.29) is 0 Å². The first-order chi connectivity index (χ1) is 14.6. The third kappa shape index (κ3) is 2.98. The molecule has 0 amide bonds. The zero-order valence-corrected chi connectivity index (χ0v) is 19.3. The van der Waals surface area contributed by atoms with Crippen molar-refractivity contribution in [3.05, 3.63) is 57.9 Å². The number of H-pyrrole nitrogens is 2. The van der Waals surface area contributed by atoms with Crippen LogP contribution in [0.1, 0.15) is 0 Å². The van der Waals surface area contributed by atoms with Gasteiger partial charge in [-0.2, -0.15) is 0 Å². The summed E-state index contributed by atoms with van der Waals surface area (Å²) in [6, 6.07) is 9.96. The molecule has 2 N–H and O–H groups in total. The highest BCUT2D eigenvalue weighted by Gasteiger charge is 2.19. The van der Waals surface area contributed by atoms with Crippen LogP contribution in [0.25, 0.3) is 44.3 Å². The number of nitrogens with one attached hydrogen (secondary N) is 2. The molecule has 0 atom stereocenters. The van der Waals surface area contributed by atoms with Crippen LogP contribution >= 0.6 is 31.9 Å². The number of methoxy groups -OCH3 is 2. The number of rotatable bonds is 4. The highest BCUT2D eigenvalue weighted by Crippen LogP contribution is 2.39. The van der Waals surface area contributed by atoms with E-state index in [2.05, 4.69) is 41.8 Å². The van der Waals surface area contributed by atoms with Crippen LogP contribution in [0.4, 0.5) is 0 Å². The molecule has 6 nitrogen and oxygen atoms in total. The molecule has 30 heavy (non-hydrogen) atoms. The summed E-state index contributed by atoms with van der Waals surface area (Å²) in [4.78, 5) is 16.1. The quantitative estimate of drug-likeness (QED) is 0.287. The van der Waals surface area contributed by atoms with Crippen LogP contribution in [0.15, 0.2) is 57.9 Å². The van der Waals surface area contributed by atoms with Crippen LogP contribution in [-0.4, -0.2) is 34.2 Å². The first-order valence-corrected chi connectivity index (χ1v) is 10.7. The summed E-state index contributed by atoms with van der Waals surface area (Å²) in [7, 11) is 3.26. The van der Waals surface area contributed by atoms with Gasteiger partial charge in [0.05, 0.1) is 31.6 Å². The summed E-state index contributed by atoms with van der Waals surface area (Å²) in [5.74, 6) is 1.23. The van der Waals surface area contributed by atoms with E-state index in [0.29, 0.717) is 17.3 Å². The second-order valence-corrected chi connectivity index (χ2v) is 8.48. The number of nitrogens with zero attached hydrogens (tertiary/aromatic N) is 2. The van der Waals surface area contributed by atoms with Crippen molar-refractivity contribution in [1.29, 1.82) is 0 Å². The van der Waals surface area contributed by atoms with Crippen molar-refractivity contribution in [1.82, 2.24) is 19.9 Å². The lowest BCUT2D eigenvalue weighted by atomic mass is 10.1. The summed E-state index contributed by atoms with van der Waals surface area (Å²) in [6.07, 6.45) is 5.60. The molecule has 5 rings (SSSR count). The number of hydrogen-bond donors (Lipinski definition) is 2. The van der Waals surface area contributed by atoms with E-state index in [0.717, 1.165) is 47.6 Å². The predicted molar refractivity (Wildman–Crippen MR) is 125 cm³/mol. The number of ether oxygens (including phenoxy) is 2. The van der Waals surface area contributed by atoms with Gasteiger partial charge in [-0.1, -0.05) is 37.9 Å². The van der Waals surface area contributed by atoms with Gasteiger partial charge in [0.2, 0.25) is 5.88 Å². The lowest BCUT2D eigenvalue weighted by Gasteiger charge is -2.09.